The van der Waals surface area contributed by atoms with Crippen molar-refractivity contribution in [3.8, 4) is 0 Å². The van der Waals surface area contributed by atoms with Gasteiger partial charge in [-0.05, 0) is 44.1 Å². The highest BCUT2D eigenvalue weighted by Crippen LogP contribution is 2.31. The van der Waals surface area contributed by atoms with Gasteiger partial charge in [0.1, 0.15) is 0 Å². The first-order valence-corrected chi connectivity index (χ1v) is 6.80. The fourth-order valence-electron chi connectivity index (χ4n) is 1.97. The number of carbonyl (C=O) groups is 1. The summed E-state index contributed by atoms with van der Waals surface area (Å²) < 4.78 is 0. The molecule has 0 aliphatic rings. The van der Waals surface area contributed by atoms with Crippen molar-refractivity contribution in [3.63, 3.8) is 0 Å². The molecule has 2 unspecified atom stereocenters. The van der Waals surface area contributed by atoms with Crippen LogP contribution in [0.4, 0.5) is 0 Å². The normalized spacial score (nSPS) is 15.4. The van der Waals surface area contributed by atoms with E-state index in [2.05, 4.69) is 33.0 Å². The molecule has 0 radical (unpaired) electrons. The van der Waals surface area contributed by atoms with Crippen LogP contribution in [0.2, 0.25) is 0 Å². The third-order valence-corrected chi connectivity index (χ3v) is 3.48. The lowest BCUT2D eigenvalue weighted by Crippen LogP contribution is -2.33. The summed E-state index contributed by atoms with van der Waals surface area (Å²) in [5, 5.41) is 3.01. The second-order valence-corrected chi connectivity index (χ2v) is 6.06. The van der Waals surface area contributed by atoms with Crippen molar-refractivity contribution in [1.29, 1.82) is 0 Å². The van der Waals surface area contributed by atoms with E-state index in [1.54, 1.807) is 0 Å². The molecule has 0 rings (SSSR count). The third kappa shape index (κ3) is 7.37. The Labute approximate surface area is 107 Å². The summed E-state index contributed by atoms with van der Waals surface area (Å²) in [5.41, 5.74) is 5.87. The highest BCUT2D eigenvalue weighted by atomic mass is 16.1. The van der Waals surface area contributed by atoms with Crippen LogP contribution in [0.5, 0.6) is 0 Å². The van der Waals surface area contributed by atoms with E-state index < -0.39 is 0 Å². The van der Waals surface area contributed by atoms with Crippen molar-refractivity contribution in [1.82, 2.24) is 5.32 Å². The van der Waals surface area contributed by atoms with E-state index in [4.69, 9.17) is 5.73 Å². The number of nitrogens with two attached hydrogens (primary N) is 1. The van der Waals surface area contributed by atoms with E-state index in [0.29, 0.717) is 18.9 Å². The molecular formula is C14H30N2O. The molecule has 17 heavy (non-hydrogen) atoms. The highest BCUT2D eigenvalue weighted by molar-refractivity contribution is 5.76. The van der Waals surface area contributed by atoms with Crippen LogP contribution >= 0.6 is 0 Å². The molecule has 0 aliphatic carbocycles. The van der Waals surface area contributed by atoms with Crippen molar-refractivity contribution in [2.75, 3.05) is 6.54 Å². The number of carbonyl (C=O) groups excluding carboxylic acids is 1. The molecule has 2 atom stereocenters. The Kier molecular flexibility index (Phi) is 7.44. The maximum Gasteiger partial charge on any atom is 0.220 e. The zero-order valence-corrected chi connectivity index (χ0v) is 12.2. The zero-order valence-electron chi connectivity index (χ0n) is 12.2. The summed E-state index contributed by atoms with van der Waals surface area (Å²) in [5.74, 6) is 0.695. The quantitative estimate of drug-likeness (QED) is 0.721. The predicted octanol–water partition coefficient (Wildman–Crippen LogP) is 2.69. The standard InChI is InChI=1S/C14H30N2O/c1-6-11(2)16-13(17)8-7-12(9-10-15)14(3,4)5/h11-12H,6-10,15H2,1-5H3,(H,16,17). The Hall–Kier alpha value is -0.570. The van der Waals surface area contributed by atoms with Crippen molar-refractivity contribution < 1.29 is 4.79 Å². The van der Waals surface area contributed by atoms with Gasteiger partial charge >= 0.3 is 0 Å². The number of nitrogens with one attached hydrogen (secondary N) is 1. The van der Waals surface area contributed by atoms with Crippen LogP contribution in [-0.2, 0) is 4.79 Å². The van der Waals surface area contributed by atoms with Gasteiger partial charge in [0.25, 0.3) is 0 Å². The maximum absolute atomic E-state index is 11.7. The molecule has 3 nitrogen and oxygen atoms in total. The number of amides is 1. The summed E-state index contributed by atoms with van der Waals surface area (Å²) >= 11 is 0. The van der Waals surface area contributed by atoms with Gasteiger partial charge in [-0.1, -0.05) is 27.7 Å². The molecule has 0 spiro atoms. The minimum absolute atomic E-state index is 0.172. The molecule has 3 N–H and O–H groups in total. The molecular weight excluding hydrogens is 212 g/mol. The van der Waals surface area contributed by atoms with Crippen LogP contribution in [0, 0.1) is 11.3 Å². The lowest BCUT2D eigenvalue weighted by atomic mass is 9.76. The zero-order chi connectivity index (χ0) is 13.5. The Balaban J connectivity index is 4.09. The summed E-state index contributed by atoms with van der Waals surface area (Å²) in [7, 11) is 0. The highest BCUT2D eigenvalue weighted by Gasteiger charge is 2.24. The summed E-state index contributed by atoms with van der Waals surface area (Å²) in [6.07, 6.45) is 3.53. The van der Waals surface area contributed by atoms with Crippen LogP contribution in [0.3, 0.4) is 0 Å². The maximum atomic E-state index is 11.7. The molecule has 0 saturated heterocycles. The Morgan fingerprint density at radius 3 is 2.29 bits per heavy atom. The fourth-order valence-corrected chi connectivity index (χ4v) is 1.97. The average Bonchev–Trinajstić information content (AvgIpc) is 2.22. The largest absolute Gasteiger partial charge is 0.354 e. The first-order chi connectivity index (χ1) is 7.81. The predicted molar refractivity (Wildman–Crippen MR) is 73.7 cm³/mol. The van der Waals surface area contributed by atoms with Crippen molar-refractivity contribution in [3.05, 3.63) is 0 Å². The van der Waals surface area contributed by atoms with Crippen LogP contribution in [0.15, 0.2) is 0 Å². The number of hydrogen-bond acceptors (Lipinski definition) is 2. The lowest BCUT2D eigenvalue weighted by molar-refractivity contribution is -0.122. The first kappa shape index (κ1) is 16.4. The van der Waals surface area contributed by atoms with Crippen LogP contribution in [0.25, 0.3) is 0 Å². The molecule has 102 valence electrons. The van der Waals surface area contributed by atoms with E-state index in [9.17, 15) is 4.79 Å². The van der Waals surface area contributed by atoms with Gasteiger partial charge in [0.05, 0.1) is 0 Å². The second-order valence-electron chi connectivity index (χ2n) is 6.06. The van der Waals surface area contributed by atoms with Crippen molar-refractivity contribution in [2.45, 2.75) is 66.3 Å². The molecule has 0 saturated carbocycles. The van der Waals surface area contributed by atoms with E-state index in [1.807, 2.05) is 6.92 Å². The van der Waals surface area contributed by atoms with Gasteiger partial charge in [0.2, 0.25) is 5.91 Å². The Morgan fingerprint density at radius 1 is 1.29 bits per heavy atom. The van der Waals surface area contributed by atoms with Gasteiger partial charge in [-0.15, -0.1) is 0 Å². The molecule has 0 heterocycles. The van der Waals surface area contributed by atoms with Gasteiger partial charge in [0.15, 0.2) is 0 Å². The van der Waals surface area contributed by atoms with Crippen LogP contribution in [-0.4, -0.2) is 18.5 Å². The summed E-state index contributed by atoms with van der Waals surface area (Å²) in [6, 6.07) is 0.282. The van der Waals surface area contributed by atoms with E-state index in [1.165, 1.54) is 0 Å². The molecule has 0 aromatic rings. The number of hydrogen-bond donors (Lipinski definition) is 2. The first-order valence-electron chi connectivity index (χ1n) is 6.80. The molecule has 3 heteroatoms. The van der Waals surface area contributed by atoms with Crippen molar-refractivity contribution >= 4 is 5.91 Å². The number of rotatable bonds is 7. The molecule has 1 amide bonds. The van der Waals surface area contributed by atoms with E-state index >= 15 is 0 Å². The van der Waals surface area contributed by atoms with Gasteiger partial charge in [-0.25, -0.2) is 0 Å². The topological polar surface area (TPSA) is 55.1 Å². The minimum Gasteiger partial charge on any atom is -0.354 e. The summed E-state index contributed by atoms with van der Waals surface area (Å²) in [6.45, 7) is 11.5. The van der Waals surface area contributed by atoms with Crippen LogP contribution in [0.1, 0.15) is 60.3 Å². The van der Waals surface area contributed by atoms with E-state index in [-0.39, 0.29) is 17.4 Å². The SMILES string of the molecule is CCC(C)NC(=O)CCC(CCN)C(C)(C)C. The Morgan fingerprint density at radius 2 is 1.88 bits per heavy atom. The molecule has 0 aliphatic heterocycles. The van der Waals surface area contributed by atoms with E-state index in [0.717, 1.165) is 19.3 Å². The minimum atomic E-state index is 0.172. The molecule has 0 aromatic heterocycles. The molecule has 0 fully saturated rings. The fraction of sp³-hybridized carbons (Fsp3) is 0.929. The van der Waals surface area contributed by atoms with Crippen LogP contribution < -0.4 is 11.1 Å². The van der Waals surface area contributed by atoms with Crippen molar-refractivity contribution in [2.24, 2.45) is 17.1 Å². The lowest BCUT2D eigenvalue weighted by Gasteiger charge is -2.30. The third-order valence-electron chi connectivity index (χ3n) is 3.48. The van der Waals surface area contributed by atoms with Gasteiger partial charge in [0, 0.05) is 12.5 Å². The Bertz CT molecular complexity index is 221. The van der Waals surface area contributed by atoms with Gasteiger partial charge in [-0.3, -0.25) is 4.79 Å². The summed E-state index contributed by atoms with van der Waals surface area (Å²) in [4.78, 5) is 11.7. The molecule has 0 bridgehead atoms. The smallest absolute Gasteiger partial charge is 0.220 e. The molecule has 0 aromatic carbocycles. The monoisotopic (exact) mass is 242 g/mol. The second kappa shape index (κ2) is 7.70. The van der Waals surface area contributed by atoms with Gasteiger partial charge in [-0.2, -0.15) is 0 Å². The average molecular weight is 242 g/mol. The van der Waals surface area contributed by atoms with Gasteiger partial charge < -0.3 is 11.1 Å².